The fourth-order valence-corrected chi connectivity index (χ4v) is 3.24. The fraction of sp³-hybridized carbons (Fsp3) is 0.429. The van der Waals surface area contributed by atoms with Gasteiger partial charge in [0.15, 0.2) is 11.5 Å². The lowest BCUT2D eigenvalue weighted by Gasteiger charge is -2.34. The molecule has 1 aliphatic heterocycles. The summed E-state index contributed by atoms with van der Waals surface area (Å²) in [6.07, 6.45) is 0. The van der Waals surface area contributed by atoms with Crippen molar-refractivity contribution in [3.05, 3.63) is 59.7 Å². The van der Waals surface area contributed by atoms with Gasteiger partial charge in [-0.05, 0) is 23.3 Å². The maximum Gasteiger partial charge on any atom is 0.161 e. The molecule has 140 valence electrons. The van der Waals surface area contributed by atoms with Gasteiger partial charge in [-0.15, -0.1) is 0 Å². The number of piperazine rings is 1. The van der Waals surface area contributed by atoms with E-state index in [1.54, 1.807) is 7.11 Å². The molecule has 0 amide bonds. The predicted octanol–water partition coefficient (Wildman–Crippen LogP) is 2.38. The number of rotatable bonds is 8. The first-order valence-electron chi connectivity index (χ1n) is 9.17. The molecule has 0 bridgehead atoms. The topological polar surface area (TPSA) is 45.2 Å². The molecule has 5 nitrogen and oxygen atoms in total. The Hall–Kier alpha value is -2.08. The van der Waals surface area contributed by atoms with E-state index in [1.165, 1.54) is 5.56 Å². The second kappa shape index (κ2) is 9.57. The third kappa shape index (κ3) is 5.21. The molecule has 1 saturated heterocycles. The highest BCUT2D eigenvalue weighted by Crippen LogP contribution is 2.29. The summed E-state index contributed by atoms with van der Waals surface area (Å²) in [5.74, 6) is 1.55. The fourth-order valence-electron chi connectivity index (χ4n) is 3.24. The first-order chi connectivity index (χ1) is 12.8. The minimum absolute atomic E-state index is 0.238. The van der Waals surface area contributed by atoms with Gasteiger partial charge in [0.1, 0.15) is 6.61 Å². The molecule has 2 aromatic carbocycles. The van der Waals surface area contributed by atoms with Gasteiger partial charge < -0.3 is 14.6 Å². The Morgan fingerprint density at radius 1 is 0.885 bits per heavy atom. The number of β-amino-alcohol motifs (C(OH)–C–C–N with tert-alkyl or cyclic N) is 1. The third-order valence-corrected chi connectivity index (χ3v) is 4.75. The summed E-state index contributed by atoms with van der Waals surface area (Å²) in [5.41, 5.74) is 2.36. The maximum absolute atomic E-state index is 9.04. The molecule has 5 heteroatoms. The van der Waals surface area contributed by atoms with Gasteiger partial charge in [0.05, 0.1) is 13.7 Å². The highest BCUT2D eigenvalue weighted by Gasteiger charge is 2.17. The van der Waals surface area contributed by atoms with E-state index >= 15 is 0 Å². The van der Waals surface area contributed by atoms with Gasteiger partial charge >= 0.3 is 0 Å². The number of hydrogen-bond donors (Lipinski definition) is 1. The van der Waals surface area contributed by atoms with Crippen molar-refractivity contribution < 1.29 is 14.6 Å². The van der Waals surface area contributed by atoms with Crippen LogP contribution in [-0.4, -0.2) is 61.3 Å². The van der Waals surface area contributed by atoms with Crippen molar-refractivity contribution in [2.24, 2.45) is 0 Å². The van der Waals surface area contributed by atoms with E-state index in [1.807, 2.05) is 24.3 Å². The second-order valence-electron chi connectivity index (χ2n) is 6.60. The molecule has 0 spiro atoms. The molecule has 0 saturated carbocycles. The van der Waals surface area contributed by atoms with E-state index in [9.17, 15) is 0 Å². The van der Waals surface area contributed by atoms with Crippen molar-refractivity contribution in [2.75, 3.05) is 46.4 Å². The standard InChI is InChI=1S/C21H28N2O3/c1-25-21-15-19(16-23-11-9-22(10-12-23)13-14-24)7-8-20(21)26-17-18-5-3-2-4-6-18/h2-8,15,24H,9-14,16-17H2,1H3. The summed E-state index contributed by atoms with van der Waals surface area (Å²) >= 11 is 0. The molecule has 1 aliphatic rings. The molecule has 1 N–H and O–H groups in total. The number of aliphatic hydroxyl groups excluding tert-OH is 1. The van der Waals surface area contributed by atoms with Crippen LogP contribution in [0.4, 0.5) is 0 Å². The lowest BCUT2D eigenvalue weighted by molar-refractivity contribution is 0.108. The second-order valence-corrected chi connectivity index (χ2v) is 6.60. The van der Waals surface area contributed by atoms with Gasteiger partial charge in [-0.2, -0.15) is 0 Å². The summed E-state index contributed by atoms with van der Waals surface area (Å²) < 4.78 is 11.5. The third-order valence-electron chi connectivity index (χ3n) is 4.75. The Kier molecular flexibility index (Phi) is 6.89. The van der Waals surface area contributed by atoms with Crippen LogP contribution in [0.5, 0.6) is 11.5 Å². The molecular formula is C21H28N2O3. The van der Waals surface area contributed by atoms with E-state index in [0.717, 1.165) is 56.3 Å². The average Bonchev–Trinajstić information content (AvgIpc) is 2.69. The van der Waals surface area contributed by atoms with Crippen molar-refractivity contribution in [3.63, 3.8) is 0 Å². The van der Waals surface area contributed by atoms with Gasteiger partial charge in [-0.25, -0.2) is 0 Å². The zero-order valence-corrected chi connectivity index (χ0v) is 15.4. The molecule has 26 heavy (non-hydrogen) atoms. The lowest BCUT2D eigenvalue weighted by atomic mass is 10.1. The first-order valence-corrected chi connectivity index (χ1v) is 9.17. The number of methoxy groups -OCH3 is 1. The SMILES string of the molecule is COc1cc(CN2CCN(CCO)CC2)ccc1OCc1ccccc1. The molecule has 0 radical (unpaired) electrons. The number of benzene rings is 2. The first kappa shape index (κ1) is 18.7. The normalized spacial score (nSPS) is 15.8. The van der Waals surface area contributed by atoms with E-state index in [0.29, 0.717) is 6.61 Å². The Morgan fingerprint density at radius 2 is 1.62 bits per heavy atom. The summed E-state index contributed by atoms with van der Waals surface area (Å²) in [5, 5.41) is 9.04. The smallest absolute Gasteiger partial charge is 0.161 e. The Morgan fingerprint density at radius 3 is 2.31 bits per heavy atom. The number of nitrogens with zero attached hydrogens (tertiary/aromatic N) is 2. The van der Waals surface area contributed by atoms with Gasteiger partial charge in [0.2, 0.25) is 0 Å². The van der Waals surface area contributed by atoms with Gasteiger partial charge in [-0.1, -0.05) is 36.4 Å². The van der Waals surface area contributed by atoms with Gasteiger partial charge in [-0.3, -0.25) is 9.80 Å². The van der Waals surface area contributed by atoms with Crippen LogP contribution >= 0.6 is 0 Å². The summed E-state index contributed by atoms with van der Waals surface area (Å²) in [6.45, 7) is 6.51. The van der Waals surface area contributed by atoms with Crippen LogP contribution in [0.2, 0.25) is 0 Å². The molecule has 1 heterocycles. The highest BCUT2D eigenvalue weighted by molar-refractivity contribution is 5.43. The van der Waals surface area contributed by atoms with Crippen LogP contribution in [0.25, 0.3) is 0 Å². The minimum atomic E-state index is 0.238. The molecule has 0 aliphatic carbocycles. The van der Waals surface area contributed by atoms with Crippen LogP contribution in [0.1, 0.15) is 11.1 Å². The number of hydrogen-bond acceptors (Lipinski definition) is 5. The summed E-state index contributed by atoms with van der Waals surface area (Å²) in [4.78, 5) is 4.74. The van der Waals surface area contributed by atoms with Crippen molar-refractivity contribution in [1.82, 2.24) is 9.80 Å². The maximum atomic E-state index is 9.04. The Labute approximate surface area is 155 Å². The molecule has 3 rings (SSSR count). The van der Waals surface area contributed by atoms with E-state index < -0.39 is 0 Å². The van der Waals surface area contributed by atoms with Crippen LogP contribution in [0, 0.1) is 0 Å². The minimum Gasteiger partial charge on any atom is -0.493 e. The molecule has 2 aromatic rings. The van der Waals surface area contributed by atoms with Crippen molar-refractivity contribution >= 4 is 0 Å². The molecule has 1 fully saturated rings. The molecular weight excluding hydrogens is 328 g/mol. The van der Waals surface area contributed by atoms with E-state index in [4.69, 9.17) is 14.6 Å². The number of aliphatic hydroxyl groups is 1. The van der Waals surface area contributed by atoms with Gasteiger partial charge in [0.25, 0.3) is 0 Å². The van der Waals surface area contributed by atoms with Crippen molar-refractivity contribution in [1.29, 1.82) is 0 Å². The summed E-state index contributed by atoms with van der Waals surface area (Å²) in [7, 11) is 1.68. The van der Waals surface area contributed by atoms with Crippen molar-refractivity contribution in [3.8, 4) is 11.5 Å². The monoisotopic (exact) mass is 356 g/mol. The largest absolute Gasteiger partial charge is 0.493 e. The predicted molar refractivity (Wildman–Crippen MR) is 103 cm³/mol. The summed E-state index contributed by atoms with van der Waals surface area (Å²) in [6, 6.07) is 16.3. The highest BCUT2D eigenvalue weighted by atomic mass is 16.5. The molecule has 0 aromatic heterocycles. The zero-order chi connectivity index (χ0) is 18.2. The zero-order valence-electron chi connectivity index (χ0n) is 15.4. The number of ether oxygens (including phenoxy) is 2. The average molecular weight is 356 g/mol. The van der Waals surface area contributed by atoms with Crippen LogP contribution in [0.15, 0.2) is 48.5 Å². The molecule has 0 unspecified atom stereocenters. The van der Waals surface area contributed by atoms with Crippen LogP contribution in [0.3, 0.4) is 0 Å². The van der Waals surface area contributed by atoms with Crippen LogP contribution in [-0.2, 0) is 13.2 Å². The molecule has 0 atom stereocenters. The Balaban J connectivity index is 1.56. The quantitative estimate of drug-likeness (QED) is 0.787. The van der Waals surface area contributed by atoms with E-state index in [-0.39, 0.29) is 6.61 Å². The Bertz CT molecular complexity index is 670. The van der Waals surface area contributed by atoms with Crippen molar-refractivity contribution in [2.45, 2.75) is 13.2 Å². The van der Waals surface area contributed by atoms with Gasteiger partial charge in [0, 0.05) is 39.3 Å². The lowest BCUT2D eigenvalue weighted by Crippen LogP contribution is -2.46. The van der Waals surface area contributed by atoms with Crippen LogP contribution < -0.4 is 9.47 Å². The van der Waals surface area contributed by atoms with E-state index in [2.05, 4.69) is 34.1 Å².